The van der Waals surface area contributed by atoms with E-state index < -0.39 is 4.92 Å². The minimum atomic E-state index is -0.614. The smallest absolute Gasteiger partial charge is 0.358 e. The number of aryl methyl sites for hydroxylation is 1. The summed E-state index contributed by atoms with van der Waals surface area (Å²) in [7, 11) is 0. The minimum Gasteiger partial charge on any atom is -0.358 e. The Labute approximate surface area is 119 Å². The summed E-state index contributed by atoms with van der Waals surface area (Å²) in [4.78, 5) is 26.2. The normalized spacial score (nSPS) is 10.9. The standard InChI is InChI=1S/C14H12N4O3/c1-10-3-2-4-11(7-10)8-17-6-5-16-9-12(18(20)21)15-13(16)14(17)19/h2-7,9H,8H2,1H3. The van der Waals surface area contributed by atoms with Gasteiger partial charge >= 0.3 is 17.0 Å². The lowest BCUT2D eigenvalue weighted by molar-refractivity contribution is -0.389. The number of nitrogens with zero attached hydrogens (tertiary/aromatic N) is 4. The molecule has 0 unspecified atom stereocenters. The van der Waals surface area contributed by atoms with Crippen molar-refractivity contribution in [3.8, 4) is 0 Å². The van der Waals surface area contributed by atoms with Crippen molar-refractivity contribution < 1.29 is 4.92 Å². The molecule has 0 amide bonds. The minimum absolute atomic E-state index is 0.0526. The third kappa shape index (κ3) is 2.40. The predicted molar refractivity (Wildman–Crippen MR) is 76.4 cm³/mol. The van der Waals surface area contributed by atoms with Gasteiger partial charge in [0.05, 0.1) is 6.54 Å². The molecule has 1 aromatic carbocycles. The highest BCUT2D eigenvalue weighted by atomic mass is 16.6. The van der Waals surface area contributed by atoms with E-state index in [2.05, 4.69) is 4.98 Å². The maximum atomic E-state index is 12.3. The fourth-order valence-electron chi connectivity index (χ4n) is 2.22. The summed E-state index contributed by atoms with van der Waals surface area (Å²) in [5, 5.41) is 10.7. The maximum absolute atomic E-state index is 12.3. The molecule has 7 heteroatoms. The van der Waals surface area contributed by atoms with Gasteiger partial charge in [-0.1, -0.05) is 29.8 Å². The van der Waals surface area contributed by atoms with Crippen LogP contribution in [0.2, 0.25) is 0 Å². The molecule has 21 heavy (non-hydrogen) atoms. The summed E-state index contributed by atoms with van der Waals surface area (Å²) in [5.74, 6) is -0.333. The molecule has 7 nitrogen and oxygen atoms in total. The Morgan fingerprint density at radius 2 is 2.14 bits per heavy atom. The van der Waals surface area contributed by atoms with Gasteiger partial charge in [0.1, 0.15) is 6.20 Å². The average Bonchev–Trinajstić information content (AvgIpc) is 2.87. The highest BCUT2D eigenvalue weighted by molar-refractivity contribution is 5.41. The zero-order valence-corrected chi connectivity index (χ0v) is 11.3. The van der Waals surface area contributed by atoms with E-state index in [0.29, 0.717) is 6.54 Å². The molecule has 0 N–H and O–H groups in total. The quantitative estimate of drug-likeness (QED) is 0.542. The Morgan fingerprint density at radius 3 is 2.86 bits per heavy atom. The predicted octanol–water partition coefficient (Wildman–Crippen LogP) is 1.76. The molecule has 0 atom stereocenters. The van der Waals surface area contributed by atoms with E-state index in [1.807, 2.05) is 31.2 Å². The van der Waals surface area contributed by atoms with Crippen molar-refractivity contribution in [2.75, 3.05) is 0 Å². The van der Waals surface area contributed by atoms with Crippen molar-refractivity contribution >= 4 is 11.5 Å². The fourth-order valence-corrected chi connectivity index (χ4v) is 2.22. The molecule has 2 aromatic heterocycles. The highest BCUT2D eigenvalue weighted by Crippen LogP contribution is 2.10. The summed E-state index contributed by atoms with van der Waals surface area (Å²) in [5.41, 5.74) is 1.80. The van der Waals surface area contributed by atoms with Crippen molar-refractivity contribution in [1.82, 2.24) is 14.0 Å². The molecule has 3 aromatic rings. The van der Waals surface area contributed by atoms with E-state index in [9.17, 15) is 14.9 Å². The number of hydrogen-bond acceptors (Lipinski definition) is 4. The van der Waals surface area contributed by atoms with Crippen LogP contribution < -0.4 is 5.56 Å². The van der Waals surface area contributed by atoms with Gasteiger partial charge in [-0.2, -0.15) is 0 Å². The molecular weight excluding hydrogens is 272 g/mol. The number of aromatic nitrogens is 3. The first-order valence-corrected chi connectivity index (χ1v) is 6.33. The highest BCUT2D eigenvalue weighted by Gasteiger charge is 2.17. The van der Waals surface area contributed by atoms with Crippen LogP contribution in [0.25, 0.3) is 5.65 Å². The van der Waals surface area contributed by atoms with Crippen LogP contribution in [0.15, 0.2) is 47.7 Å². The van der Waals surface area contributed by atoms with Gasteiger partial charge in [0.15, 0.2) is 0 Å². The molecule has 0 aliphatic rings. The summed E-state index contributed by atoms with van der Waals surface area (Å²) in [6.45, 7) is 2.38. The summed E-state index contributed by atoms with van der Waals surface area (Å²) < 4.78 is 2.86. The van der Waals surface area contributed by atoms with E-state index in [4.69, 9.17) is 0 Å². The molecule has 0 bridgehead atoms. The SMILES string of the molecule is Cc1cccc(Cn2ccn3cc([N+](=O)[O-])nc3c2=O)c1. The molecule has 106 valence electrons. The fraction of sp³-hybridized carbons (Fsp3) is 0.143. The summed E-state index contributed by atoms with van der Waals surface area (Å²) in [6.07, 6.45) is 4.42. The van der Waals surface area contributed by atoms with Crippen molar-refractivity contribution in [2.24, 2.45) is 0 Å². The third-order valence-corrected chi connectivity index (χ3v) is 3.20. The Kier molecular flexibility index (Phi) is 3.02. The van der Waals surface area contributed by atoms with Crippen molar-refractivity contribution in [3.05, 3.63) is 74.5 Å². The molecule has 0 aliphatic carbocycles. The van der Waals surface area contributed by atoms with E-state index in [1.54, 1.807) is 12.4 Å². The number of rotatable bonds is 3. The zero-order chi connectivity index (χ0) is 15.0. The van der Waals surface area contributed by atoms with E-state index in [-0.39, 0.29) is 17.0 Å². The van der Waals surface area contributed by atoms with Gasteiger partial charge in [-0.15, -0.1) is 0 Å². The van der Waals surface area contributed by atoms with Crippen LogP contribution >= 0.6 is 0 Å². The van der Waals surface area contributed by atoms with Gasteiger partial charge in [-0.3, -0.25) is 9.20 Å². The molecular formula is C14H12N4O3. The first-order chi connectivity index (χ1) is 10.0. The number of nitro groups is 1. The molecule has 0 radical (unpaired) electrons. The number of benzene rings is 1. The number of fused-ring (bicyclic) bond motifs is 1. The van der Waals surface area contributed by atoms with Gasteiger partial charge in [-0.05, 0) is 22.4 Å². The van der Waals surface area contributed by atoms with Crippen LogP contribution in [0.3, 0.4) is 0 Å². The summed E-state index contributed by atoms with van der Waals surface area (Å²) >= 11 is 0. The van der Waals surface area contributed by atoms with Gasteiger partial charge in [0.25, 0.3) is 0 Å². The lowest BCUT2D eigenvalue weighted by Crippen LogP contribution is -2.22. The largest absolute Gasteiger partial charge is 0.382 e. The molecule has 2 heterocycles. The maximum Gasteiger partial charge on any atom is 0.382 e. The lowest BCUT2D eigenvalue weighted by Gasteiger charge is -2.05. The van der Waals surface area contributed by atoms with Crippen molar-refractivity contribution in [1.29, 1.82) is 0 Å². The van der Waals surface area contributed by atoms with Crippen LogP contribution in [-0.4, -0.2) is 18.9 Å². The topological polar surface area (TPSA) is 82.4 Å². The van der Waals surface area contributed by atoms with E-state index in [0.717, 1.165) is 11.1 Å². The van der Waals surface area contributed by atoms with Crippen LogP contribution in [0.5, 0.6) is 0 Å². The van der Waals surface area contributed by atoms with Gasteiger partial charge in [-0.25, -0.2) is 0 Å². The van der Waals surface area contributed by atoms with Gasteiger partial charge in [0, 0.05) is 12.4 Å². The monoisotopic (exact) mass is 284 g/mol. The van der Waals surface area contributed by atoms with Crippen molar-refractivity contribution in [2.45, 2.75) is 13.5 Å². The second kappa shape index (κ2) is 4.86. The first-order valence-electron chi connectivity index (χ1n) is 6.33. The number of imidazole rings is 1. The van der Waals surface area contributed by atoms with Crippen LogP contribution in [0.1, 0.15) is 11.1 Å². The Balaban J connectivity index is 2.05. The van der Waals surface area contributed by atoms with E-state index in [1.165, 1.54) is 15.2 Å². The second-order valence-corrected chi connectivity index (χ2v) is 4.81. The zero-order valence-electron chi connectivity index (χ0n) is 11.3. The van der Waals surface area contributed by atoms with Gasteiger partial charge < -0.3 is 14.7 Å². The van der Waals surface area contributed by atoms with Gasteiger partial charge in [0.2, 0.25) is 0 Å². The van der Waals surface area contributed by atoms with Crippen LogP contribution in [-0.2, 0) is 6.54 Å². The Bertz CT molecular complexity index is 895. The molecule has 0 saturated heterocycles. The third-order valence-electron chi connectivity index (χ3n) is 3.20. The molecule has 0 fully saturated rings. The molecule has 0 spiro atoms. The Hall–Kier alpha value is -2.96. The molecule has 0 saturated carbocycles. The number of hydrogen-bond donors (Lipinski definition) is 0. The van der Waals surface area contributed by atoms with Crippen molar-refractivity contribution in [3.63, 3.8) is 0 Å². The van der Waals surface area contributed by atoms with Crippen LogP contribution in [0.4, 0.5) is 5.82 Å². The lowest BCUT2D eigenvalue weighted by atomic mass is 10.1. The molecule has 3 rings (SSSR count). The summed E-state index contributed by atoms with van der Waals surface area (Å²) in [6, 6.07) is 7.82. The second-order valence-electron chi connectivity index (χ2n) is 4.81. The molecule has 0 aliphatic heterocycles. The first kappa shape index (κ1) is 13.0. The average molecular weight is 284 g/mol. The van der Waals surface area contributed by atoms with E-state index >= 15 is 0 Å². The Morgan fingerprint density at radius 1 is 1.33 bits per heavy atom. The van der Waals surface area contributed by atoms with Crippen LogP contribution in [0, 0.1) is 17.0 Å².